The van der Waals surface area contributed by atoms with Crippen molar-refractivity contribution >= 4 is 7.82 Å². The minimum absolute atomic E-state index is 0.140. The molecule has 3 rings (SSSR count). The molecular formula is C22H29O6P. The molecule has 1 atom stereocenters. The molecule has 0 N–H and O–H groups in total. The van der Waals surface area contributed by atoms with Gasteiger partial charge in [0, 0.05) is 6.61 Å². The van der Waals surface area contributed by atoms with E-state index in [2.05, 4.69) is 0 Å². The van der Waals surface area contributed by atoms with E-state index in [0.717, 1.165) is 37.0 Å². The monoisotopic (exact) mass is 420 g/mol. The van der Waals surface area contributed by atoms with Crippen molar-refractivity contribution in [3.05, 3.63) is 71.8 Å². The van der Waals surface area contributed by atoms with E-state index >= 15 is 0 Å². The highest BCUT2D eigenvalue weighted by atomic mass is 31.2. The first-order valence-electron chi connectivity index (χ1n) is 10.1. The summed E-state index contributed by atoms with van der Waals surface area (Å²) in [6.45, 7) is 1.74. The van der Waals surface area contributed by atoms with Gasteiger partial charge in [0.25, 0.3) is 0 Å². The lowest BCUT2D eigenvalue weighted by Crippen LogP contribution is -2.23. The van der Waals surface area contributed by atoms with Crippen molar-refractivity contribution in [3.63, 3.8) is 0 Å². The van der Waals surface area contributed by atoms with Crippen LogP contribution < -0.4 is 0 Å². The summed E-state index contributed by atoms with van der Waals surface area (Å²) in [5.41, 5.74) is 1.80. The minimum atomic E-state index is -3.71. The standard InChI is InChI=1S/C22H29O6P/c23-29(27-18-20-10-3-1-4-11-20,28-19-21-12-5-2-6-13-21)26-17-9-16-25-22-14-7-8-15-24-22/h1-6,10-13,22H,7-9,14-19H2. The molecule has 1 aliphatic rings. The van der Waals surface area contributed by atoms with Crippen molar-refractivity contribution in [1.82, 2.24) is 0 Å². The molecule has 6 nitrogen and oxygen atoms in total. The summed E-state index contributed by atoms with van der Waals surface area (Å²) in [6, 6.07) is 19.1. The van der Waals surface area contributed by atoms with Gasteiger partial charge in [-0.15, -0.1) is 0 Å². The van der Waals surface area contributed by atoms with Gasteiger partial charge in [0.1, 0.15) is 0 Å². The SMILES string of the molecule is O=P(OCCCOC1CCCCO1)(OCc1ccccc1)OCc1ccccc1. The molecular weight excluding hydrogens is 391 g/mol. The maximum atomic E-state index is 13.1. The maximum absolute atomic E-state index is 13.1. The molecule has 0 radical (unpaired) electrons. The third-order valence-electron chi connectivity index (χ3n) is 4.44. The van der Waals surface area contributed by atoms with E-state index in [1.54, 1.807) is 0 Å². The van der Waals surface area contributed by atoms with Crippen LogP contribution in [-0.4, -0.2) is 26.1 Å². The molecule has 1 saturated heterocycles. The Bertz CT molecular complexity index is 686. The van der Waals surface area contributed by atoms with Crippen LogP contribution in [0.2, 0.25) is 0 Å². The van der Waals surface area contributed by atoms with Gasteiger partial charge < -0.3 is 9.47 Å². The van der Waals surface area contributed by atoms with Crippen molar-refractivity contribution in [1.29, 1.82) is 0 Å². The van der Waals surface area contributed by atoms with E-state index in [1.807, 2.05) is 60.7 Å². The highest BCUT2D eigenvalue weighted by Crippen LogP contribution is 2.51. The van der Waals surface area contributed by atoms with Gasteiger partial charge in [-0.3, -0.25) is 13.6 Å². The van der Waals surface area contributed by atoms with E-state index in [1.165, 1.54) is 0 Å². The summed E-state index contributed by atoms with van der Waals surface area (Å²) >= 11 is 0. The summed E-state index contributed by atoms with van der Waals surface area (Å²) in [6.07, 6.45) is 3.56. The van der Waals surface area contributed by atoms with Crippen LogP contribution in [0.5, 0.6) is 0 Å². The van der Waals surface area contributed by atoms with Crippen LogP contribution in [0.3, 0.4) is 0 Å². The second kappa shape index (κ2) is 12.2. The number of hydrogen-bond acceptors (Lipinski definition) is 6. The lowest BCUT2D eigenvalue weighted by Gasteiger charge is -2.23. The molecule has 0 saturated carbocycles. The summed E-state index contributed by atoms with van der Waals surface area (Å²) in [5, 5.41) is 0. The van der Waals surface area contributed by atoms with Gasteiger partial charge in [0.15, 0.2) is 6.29 Å². The molecule has 1 unspecified atom stereocenters. The van der Waals surface area contributed by atoms with Crippen molar-refractivity contribution < 1.29 is 27.6 Å². The maximum Gasteiger partial charge on any atom is 0.475 e. The van der Waals surface area contributed by atoms with E-state index in [-0.39, 0.29) is 26.1 Å². The van der Waals surface area contributed by atoms with Crippen LogP contribution >= 0.6 is 7.82 Å². The van der Waals surface area contributed by atoms with E-state index in [9.17, 15) is 4.57 Å². The average molecular weight is 420 g/mol. The van der Waals surface area contributed by atoms with Gasteiger partial charge in [-0.2, -0.15) is 0 Å². The Morgan fingerprint density at radius 1 is 0.828 bits per heavy atom. The topological polar surface area (TPSA) is 63.2 Å². The van der Waals surface area contributed by atoms with Crippen molar-refractivity contribution in [3.8, 4) is 0 Å². The highest BCUT2D eigenvalue weighted by molar-refractivity contribution is 7.48. The molecule has 0 bridgehead atoms. The van der Waals surface area contributed by atoms with Gasteiger partial charge in [0.2, 0.25) is 0 Å². The number of ether oxygens (including phenoxy) is 2. The van der Waals surface area contributed by atoms with Crippen LogP contribution in [0.15, 0.2) is 60.7 Å². The Balaban J connectivity index is 1.46. The van der Waals surface area contributed by atoms with Crippen LogP contribution in [0.4, 0.5) is 0 Å². The molecule has 1 heterocycles. The predicted molar refractivity (Wildman–Crippen MR) is 110 cm³/mol. The van der Waals surface area contributed by atoms with Crippen molar-refractivity contribution in [2.24, 2.45) is 0 Å². The molecule has 1 aliphatic heterocycles. The van der Waals surface area contributed by atoms with Crippen LogP contribution in [0, 0.1) is 0 Å². The van der Waals surface area contributed by atoms with Gasteiger partial charge in [-0.1, -0.05) is 60.7 Å². The fourth-order valence-corrected chi connectivity index (χ4v) is 4.05. The third-order valence-corrected chi connectivity index (χ3v) is 5.83. The second-order valence-corrected chi connectivity index (χ2v) is 8.49. The second-order valence-electron chi connectivity index (χ2n) is 6.82. The molecule has 2 aromatic rings. The summed E-state index contributed by atoms with van der Waals surface area (Å²) in [7, 11) is -3.71. The summed E-state index contributed by atoms with van der Waals surface area (Å²) < 4.78 is 41.0. The Kier molecular flexibility index (Phi) is 9.35. The molecule has 0 amide bonds. The highest BCUT2D eigenvalue weighted by Gasteiger charge is 2.27. The number of phosphoric acid groups is 1. The lowest BCUT2D eigenvalue weighted by molar-refractivity contribution is -0.163. The Morgan fingerprint density at radius 2 is 1.45 bits per heavy atom. The fraction of sp³-hybridized carbons (Fsp3) is 0.455. The molecule has 0 aliphatic carbocycles. The first kappa shape index (κ1) is 22.2. The molecule has 158 valence electrons. The Morgan fingerprint density at radius 3 is 2.00 bits per heavy atom. The summed E-state index contributed by atoms with van der Waals surface area (Å²) in [4.78, 5) is 0. The normalized spacial score (nSPS) is 17.3. The smallest absolute Gasteiger partial charge is 0.353 e. The number of hydrogen-bond donors (Lipinski definition) is 0. The Hall–Kier alpha value is -1.53. The lowest BCUT2D eigenvalue weighted by atomic mass is 10.2. The van der Waals surface area contributed by atoms with E-state index in [4.69, 9.17) is 23.0 Å². The van der Waals surface area contributed by atoms with Crippen molar-refractivity contribution in [2.75, 3.05) is 19.8 Å². The molecule has 29 heavy (non-hydrogen) atoms. The van der Waals surface area contributed by atoms with Crippen LogP contribution in [0.1, 0.15) is 36.8 Å². The van der Waals surface area contributed by atoms with E-state index in [0.29, 0.717) is 13.0 Å². The molecule has 7 heteroatoms. The van der Waals surface area contributed by atoms with Gasteiger partial charge >= 0.3 is 7.82 Å². The third kappa shape index (κ3) is 8.39. The minimum Gasteiger partial charge on any atom is -0.353 e. The molecule has 2 aromatic carbocycles. The first-order chi connectivity index (χ1) is 14.2. The van der Waals surface area contributed by atoms with Crippen LogP contribution in [-0.2, 0) is 40.8 Å². The number of phosphoric ester groups is 1. The van der Waals surface area contributed by atoms with Gasteiger partial charge in [-0.25, -0.2) is 4.57 Å². The number of rotatable bonds is 12. The Labute approximate surface area is 172 Å². The van der Waals surface area contributed by atoms with Gasteiger partial charge in [0.05, 0.1) is 26.4 Å². The zero-order valence-corrected chi connectivity index (χ0v) is 17.5. The molecule has 0 aromatic heterocycles. The van der Waals surface area contributed by atoms with E-state index < -0.39 is 7.82 Å². The largest absolute Gasteiger partial charge is 0.475 e. The van der Waals surface area contributed by atoms with Gasteiger partial charge in [-0.05, 0) is 36.8 Å². The molecule has 1 fully saturated rings. The zero-order chi connectivity index (χ0) is 20.2. The number of benzene rings is 2. The predicted octanol–water partition coefficient (Wildman–Crippen LogP) is 5.48. The van der Waals surface area contributed by atoms with Crippen molar-refractivity contribution in [2.45, 2.75) is 45.2 Å². The summed E-state index contributed by atoms with van der Waals surface area (Å²) in [5.74, 6) is 0. The molecule has 0 spiro atoms. The fourth-order valence-electron chi connectivity index (χ4n) is 2.86. The van der Waals surface area contributed by atoms with Crippen LogP contribution in [0.25, 0.3) is 0 Å². The quantitative estimate of drug-likeness (QED) is 0.335. The first-order valence-corrected chi connectivity index (χ1v) is 11.5. The average Bonchev–Trinajstić information content (AvgIpc) is 2.78. The zero-order valence-electron chi connectivity index (χ0n) is 16.6.